The number of rotatable bonds is 5. The zero-order valence-corrected chi connectivity index (χ0v) is 17.9. The van der Waals surface area contributed by atoms with Crippen molar-refractivity contribution in [3.05, 3.63) is 90.0 Å². The van der Waals surface area contributed by atoms with E-state index in [2.05, 4.69) is 9.88 Å². The Balaban J connectivity index is 1.20. The second-order valence-corrected chi connectivity index (χ2v) is 8.01. The SMILES string of the molecule is O=C(c1ccc(OCc2ccccc2)cc1)N1CCCN(c2nc3ccccc3[nH]2)CC1. The lowest BCUT2D eigenvalue weighted by atomic mass is 10.2. The number of H-pyrrole nitrogens is 1. The van der Waals surface area contributed by atoms with E-state index in [4.69, 9.17) is 9.72 Å². The van der Waals surface area contributed by atoms with Gasteiger partial charge in [-0.25, -0.2) is 4.98 Å². The molecule has 1 aliphatic heterocycles. The molecule has 6 nitrogen and oxygen atoms in total. The predicted molar refractivity (Wildman–Crippen MR) is 126 cm³/mol. The molecule has 32 heavy (non-hydrogen) atoms. The number of nitrogens with zero attached hydrogens (tertiary/aromatic N) is 3. The summed E-state index contributed by atoms with van der Waals surface area (Å²) in [5.74, 6) is 1.70. The molecule has 4 aromatic rings. The van der Waals surface area contributed by atoms with Gasteiger partial charge in [-0.1, -0.05) is 42.5 Å². The number of hydrogen-bond donors (Lipinski definition) is 1. The van der Waals surface area contributed by atoms with Crippen molar-refractivity contribution in [2.75, 3.05) is 31.1 Å². The van der Waals surface area contributed by atoms with Crippen LogP contribution in [0.25, 0.3) is 11.0 Å². The minimum atomic E-state index is 0.0612. The van der Waals surface area contributed by atoms with E-state index in [1.807, 2.05) is 83.8 Å². The first-order valence-electron chi connectivity index (χ1n) is 11.0. The molecule has 1 aliphatic rings. The van der Waals surface area contributed by atoms with Crippen molar-refractivity contribution in [2.45, 2.75) is 13.0 Å². The van der Waals surface area contributed by atoms with Crippen molar-refractivity contribution in [1.29, 1.82) is 0 Å². The van der Waals surface area contributed by atoms with Crippen LogP contribution in [0, 0.1) is 0 Å². The number of amides is 1. The highest BCUT2D eigenvalue weighted by Crippen LogP contribution is 2.20. The molecular formula is C26H26N4O2. The van der Waals surface area contributed by atoms with Gasteiger partial charge in [0.05, 0.1) is 11.0 Å². The highest BCUT2D eigenvalue weighted by Gasteiger charge is 2.22. The number of fused-ring (bicyclic) bond motifs is 1. The van der Waals surface area contributed by atoms with Gasteiger partial charge >= 0.3 is 0 Å². The standard InChI is InChI=1S/C26H26N4O2/c31-25(21-11-13-22(14-12-21)32-19-20-7-2-1-3-8-20)29-15-6-16-30(18-17-29)26-27-23-9-4-5-10-24(23)28-26/h1-5,7-14H,6,15-19H2,(H,27,28). The third-order valence-corrected chi connectivity index (χ3v) is 5.81. The molecule has 0 atom stereocenters. The summed E-state index contributed by atoms with van der Waals surface area (Å²) in [5.41, 5.74) is 3.81. The van der Waals surface area contributed by atoms with Crippen molar-refractivity contribution in [3.8, 4) is 5.75 Å². The van der Waals surface area contributed by atoms with Crippen LogP contribution in [0.15, 0.2) is 78.9 Å². The van der Waals surface area contributed by atoms with E-state index < -0.39 is 0 Å². The maximum Gasteiger partial charge on any atom is 0.253 e. The molecule has 6 heteroatoms. The maximum atomic E-state index is 13.1. The van der Waals surface area contributed by atoms with E-state index in [1.165, 1.54) is 0 Å². The Morgan fingerprint density at radius 3 is 2.47 bits per heavy atom. The fourth-order valence-corrected chi connectivity index (χ4v) is 4.04. The quantitative estimate of drug-likeness (QED) is 0.511. The smallest absolute Gasteiger partial charge is 0.253 e. The molecule has 1 fully saturated rings. The van der Waals surface area contributed by atoms with Gasteiger partial charge in [-0.15, -0.1) is 0 Å². The van der Waals surface area contributed by atoms with Crippen molar-refractivity contribution >= 4 is 22.9 Å². The normalized spacial score (nSPS) is 14.4. The van der Waals surface area contributed by atoms with Crippen LogP contribution in [0.5, 0.6) is 5.75 Å². The Hall–Kier alpha value is -3.80. The lowest BCUT2D eigenvalue weighted by Gasteiger charge is -2.22. The highest BCUT2D eigenvalue weighted by atomic mass is 16.5. The Morgan fingerprint density at radius 2 is 1.66 bits per heavy atom. The Morgan fingerprint density at radius 1 is 0.875 bits per heavy atom. The Bertz CT molecular complexity index is 1150. The molecule has 1 amide bonds. The number of hydrogen-bond acceptors (Lipinski definition) is 4. The summed E-state index contributed by atoms with van der Waals surface area (Å²) in [5, 5.41) is 0. The number of nitrogens with one attached hydrogen (secondary N) is 1. The van der Waals surface area contributed by atoms with Gasteiger partial charge < -0.3 is 19.5 Å². The molecule has 2 heterocycles. The lowest BCUT2D eigenvalue weighted by Crippen LogP contribution is -2.35. The van der Waals surface area contributed by atoms with Gasteiger partial charge in [0.1, 0.15) is 12.4 Å². The van der Waals surface area contributed by atoms with Gasteiger partial charge in [0.2, 0.25) is 5.95 Å². The van der Waals surface area contributed by atoms with Crippen LogP contribution in [0.2, 0.25) is 0 Å². The lowest BCUT2D eigenvalue weighted by molar-refractivity contribution is 0.0767. The third-order valence-electron chi connectivity index (χ3n) is 5.81. The van der Waals surface area contributed by atoms with Crippen LogP contribution in [0.1, 0.15) is 22.3 Å². The van der Waals surface area contributed by atoms with E-state index >= 15 is 0 Å². The van der Waals surface area contributed by atoms with Crippen molar-refractivity contribution in [3.63, 3.8) is 0 Å². The molecule has 1 aromatic heterocycles. The van der Waals surface area contributed by atoms with Crippen molar-refractivity contribution < 1.29 is 9.53 Å². The van der Waals surface area contributed by atoms with Crippen molar-refractivity contribution in [2.24, 2.45) is 0 Å². The molecule has 5 rings (SSSR count). The molecular weight excluding hydrogens is 400 g/mol. The van der Waals surface area contributed by atoms with E-state index in [-0.39, 0.29) is 5.91 Å². The van der Waals surface area contributed by atoms with Gasteiger partial charge in [-0.2, -0.15) is 0 Å². The molecule has 0 bridgehead atoms. The molecule has 1 saturated heterocycles. The van der Waals surface area contributed by atoms with Crippen LogP contribution < -0.4 is 9.64 Å². The van der Waals surface area contributed by atoms with Crippen LogP contribution in [0.3, 0.4) is 0 Å². The number of para-hydroxylation sites is 2. The van der Waals surface area contributed by atoms with Crippen LogP contribution in [-0.4, -0.2) is 47.0 Å². The second kappa shape index (κ2) is 9.14. The highest BCUT2D eigenvalue weighted by molar-refractivity contribution is 5.94. The third kappa shape index (κ3) is 4.44. The molecule has 3 aromatic carbocycles. The topological polar surface area (TPSA) is 61.5 Å². The zero-order valence-electron chi connectivity index (χ0n) is 17.9. The number of carbonyl (C=O) groups excluding carboxylic acids is 1. The van der Waals surface area contributed by atoms with Crippen molar-refractivity contribution in [1.82, 2.24) is 14.9 Å². The Labute approximate surface area is 187 Å². The number of ether oxygens (including phenoxy) is 1. The summed E-state index contributed by atoms with van der Waals surface area (Å²) in [7, 11) is 0. The van der Waals surface area contributed by atoms with E-state index in [0.717, 1.165) is 54.3 Å². The van der Waals surface area contributed by atoms with Gasteiger partial charge in [-0.3, -0.25) is 4.79 Å². The first-order valence-corrected chi connectivity index (χ1v) is 11.0. The molecule has 0 saturated carbocycles. The minimum absolute atomic E-state index is 0.0612. The second-order valence-electron chi connectivity index (χ2n) is 8.01. The average molecular weight is 427 g/mol. The van der Waals surface area contributed by atoms with Crippen LogP contribution in [-0.2, 0) is 6.61 Å². The average Bonchev–Trinajstić information content (AvgIpc) is 3.13. The van der Waals surface area contributed by atoms with E-state index in [0.29, 0.717) is 18.7 Å². The Kier molecular flexibility index (Phi) is 5.75. The van der Waals surface area contributed by atoms with Gasteiger partial charge in [-0.05, 0) is 48.4 Å². The van der Waals surface area contributed by atoms with Crippen LogP contribution >= 0.6 is 0 Å². The predicted octanol–water partition coefficient (Wildman–Crippen LogP) is 4.49. The number of aromatic nitrogens is 2. The van der Waals surface area contributed by atoms with E-state index in [9.17, 15) is 4.79 Å². The summed E-state index contributed by atoms with van der Waals surface area (Å²) in [4.78, 5) is 25.3. The summed E-state index contributed by atoms with van der Waals surface area (Å²) in [6.07, 6.45) is 0.904. The minimum Gasteiger partial charge on any atom is -0.489 e. The fourth-order valence-electron chi connectivity index (χ4n) is 4.04. The van der Waals surface area contributed by atoms with E-state index in [1.54, 1.807) is 0 Å². The molecule has 162 valence electrons. The molecule has 0 radical (unpaired) electrons. The molecule has 0 spiro atoms. The fraction of sp³-hybridized carbons (Fsp3) is 0.231. The monoisotopic (exact) mass is 426 g/mol. The zero-order chi connectivity index (χ0) is 21.8. The first-order chi connectivity index (χ1) is 15.8. The summed E-state index contributed by atoms with van der Waals surface area (Å²) in [6, 6.07) is 25.5. The number of anilines is 1. The molecule has 0 unspecified atom stereocenters. The molecule has 0 aliphatic carbocycles. The maximum absolute atomic E-state index is 13.1. The molecule has 1 N–H and O–H groups in total. The number of imidazole rings is 1. The number of benzene rings is 3. The number of carbonyl (C=O) groups is 1. The summed E-state index contributed by atoms with van der Waals surface area (Å²) >= 11 is 0. The van der Waals surface area contributed by atoms with Gasteiger partial charge in [0.25, 0.3) is 5.91 Å². The summed E-state index contributed by atoms with van der Waals surface area (Å²) < 4.78 is 5.84. The van der Waals surface area contributed by atoms with Gasteiger partial charge in [0, 0.05) is 31.7 Å². The van der Waals surface area contributed by atoms with Crippen LogP contribution in [0.4, 0.5) is 5.95 Å². The summed E-state index contributed by atoms with van der Waals surface area (Å²) in [6.45, 7) is 3.54. The van der Waals surface area contributed by atoms with Gasteiger partial charge in [0.15, 0.2) is 0 Å². The largest absolute Gasteiger partial charge is 0.489 e. The number of aromatic amines is 1. The first kappa shape index (κ1) is 20.1.